The molecule has 5 rings (SSSR count). The number of hydrogen-bond acceptors (Lipinski definition) is 7. The smallest absolute Gasteiger partial charge is 0.296 e. The van der Waals surface area contributed by atoms with Crippen molar-refractivity contribution in [2.75, 3.05) is 57.4 Å². The van der Waals surface area contributed by atoms with Crippen molar-refractivity contribution >= 4 is 29.0 Å². The minimum absolute atomic E-state index is 0.188. The van der Waals surface area contributed by atoms with Crippen molar-refractivity contribution in [3.8, 4) is 5.75 Å². The summed E-state index contributed by atoms with van der Waals surface area (Å²) in [6.45, 7) is 10.1. The number of carbonyl (C=O) groups excluding carboxylic acids is 3. The van der Waals surface area contributed by atoms with Crippen LogP contribution in [0.5, 0.6) is 5.75 Å². The van der Waals surface area contributed by atoms with Crippen LogP contribution in [-0.2, 0) is 24.7 Å². The highest BCUT2D eigenvalue weighted by Gasteiger charge is 2.66. The number of anilines is 1. The van der Waals surface area contributed by atoms with Gasteiger partial charge in [0.05, 0.1) is 24.5 Å². The number of amides is 2. The van der Waals surface area contributed by atoms with Gasteiger partial charge < -0.3 is 24.4 Å². The lowest BCUT2D eigenvalue weighted by molar-refractivity contribution is -0.143. The number of Topliss-reactive ketones (excluding diaryl/α,β-unsaturated/α-hetero) is 1. The van der Waals surface area contributed by atoms with Gasteiger partial charge >= 0.3 is 0 Å². The number of aliphatic hydroxyl groups excluding tert-OH is 1. The molecule has 9 nitrogen and oxygen atoms in total. The summed E-state index contributed by atoms with van der Waals surface area (Å²) in [6.07, 6.45) is 2.87. The summed E-state index contributed by atoms with van der Waals surface area (Å²) < 4.78 is 11.0. The summed E-state index contributed by atoms with van der Waals surface area (Å²) in [5.41, 5.74) is -0.442. The molecule has 2 aromatic rings. The van der Waals surface area contributed by atoms with Gasteiger partial charge in [-0.3, -0.25) is 19.3 Å². The largest absolute Gasteiger partial charge is 0.507 e. The number of aliphatic hydroxyl groups is 1. The maximum absolute atomic E-state index is 14.4. The number of fused-ring (bicyclic) bond motifs is 2. The Morgan fingerprint density at radius 2 is 1.77 bits per heavy atom. The zero-order valence-electron chi connectivity index (χ0n) is 22.8. The molecule has 0 aromatic heterocycles. The third-order valence-electron chi connectivity index (χ3n) is 7.71. The van der Waals surface area contributed by atoms with Gasteiger partial charge in [0.15, 0.2) is 5.54 Å². The second-order valence-corrected chi connectivity index (χ2v) is 10.1. The first-order valence-electron chi connectivity index (χ1n) is 13.8. The van der Waals surface area contributed by atoms with Gasteiger partial charge in [-0.2, -0.15) is 0 Å². The number of rotatable bonds is 10. The zero-order chi connectivity index (χ0) is 28.3. The van der Waals surface area contributed by atoms with Crippen molar-refractivity contribution in [2.24, 2.45) is 0 Å². The average molecular weight is 546 g/mol. The maximum atomic E-state index is 14.4. The molecule has 3 heterocycles. The Bertz CT molecular complexity index is 1330. The van der Waals surface area contributed by atoms with Crippen LogP contribution in [0, 0.1) is 0 Å². The third-order valence-corrected chi connectivity index (χ3v) is 7.71. The van der Waals surface area contributed by atoms with Crippen molar-refractivity contribution in [3.63, 3.8) is 0 Å². The second kappa shape index (κ2) is 11.7. The summed E-state index contributed by atoms with van der Waals surface area (Å²) in [5.74, 6) is -1.86. The maximum Gasteiger partial charge on any atom is 0.296 e. The monoisotopic (exact) mass is 545 g/mol. The van der Waals surface area contributed by atoms with E-state index in [1.807, 2.05) is 19.1 Å². The van der Waals surface area contributed by atoms with Crippen LogP contribution in [0.15, 0.2) is 66.8 Å². The van der Waals surface area contributed by atoms with Gasteiger partial charge in [-0.25, -0.2) is 0 Å². The van der Waals surface area contributed by atoms with Gasteiger partial charge in [-0.15, -0.1) is 0 Å². The minimum atomic E-state index is -1.74. The molecule has 0 aliphatic carbocycles. The van der Waals surface area contributed by atoms with Gasteiger partial charge in [0.25, 0.3) is 17.6 Å². The molecule has 3 aliphatic rings. The Balaban J connectivity index is 1.61. The van der Waals surface area contributed by atoms with Gasteiger partial charge in [-0.05, 0) is 43.2 Å². The Hall–Kier alpha value is -3.95. The molecule has 2 fully saturated rings. The van der Waals surface area contributed by atoms with Gasteiger partial charge in [0, 0.05) is 43.9 Å². The topological polar surface area (TPSA) is 99.6 Å². The number of ether oxygens (including phenoxy) is 2. The molecule has 2 aromatic carbocycles. The minimum Gasteiger partial charge on any atom is -0.507 e. The van der Waals surface area contributed by atoms with Crippen molar-refractivity contribution in [3.05, 3.63) is 77.9 Å². The predicted molar refractivity (Wildman–Crippen MR) is 151 cm³/mol. The number of hydrogen-bond donors (Lipinski definition) is 1. The number of para-hydroxylation sites is 1. The van der Waals surface area contributed by atoms with Crippen LogP contribution in [0.1, 0.15) is 30.9 Å². The number of ketones is 1. The Kier molecular flexibility index (Phi) is 8.04. The standard InChI is InChI=1S/C31H35N3O6/c1-3-14-33-25-9-6-5-8-24(25)31(30(33)38)26(27(35)22-10-12-23(13-11-22)40-19-4-2)28(36)29(37)34(31)16-7-15-32-17-20-39-21-18-32/h4-6,8-13,35H,2-3,7,14-21H2,1H3. The summed E-state index contributed by atoms with van der Waals surface area (Å²) in [6, 6.07) is 13.8. The van der Waals surface area contributed by atoms with E-state index in [1.54, 1.807) is 47.4 Å². The number of morpholine rings is 1. The molecule has 0 saturated carbocycles. The molecular weight excluding hydrogens is 510 g/mol. The molecule has 3 aliphatic heterocycles. The van der Waals surface area contributed by atoms with Gasteiger partial charge in [0.1, 0.15) is 18.1 Å². The fourth-order valence-corrected chi connectivity index (χ4v) is 5.90. The highest BCUT2D eigenvalue weighted by atomic mass is 16.5. The Labute approximate surface area is 234 Å². The predicted octanol–water partition coefficient (Wildman–Crippen LogP) is 3.31. The van der Waals surface area contributed by atoms with E-state index in [4.69, 9.17) is 9.47 Å². The van der Waals surface area contributed by atoms with Gasteiger partial charge in [0.2, 0.25) is 0 Å². The number of nitrogens with zero attached hydrogens (tertiary/aromatic N) is 3. The summed E-state index contributed by atoms with van der Waals surface area (Å²) in [7, 11) is 0. The first-order chi connectivity index (χ1) is 19.4. The van der Waals surface area contributed by atoms with Gasteiger partial charge in [-0.1, -0.05) is 37.8 Å². The van der Waals surface area contributed by atoms with E-state index >= 15 is 0 Å². The molecule has 9 heteroatoms. The van der Waals surface area contributed by atoms with Crippen molar-refractivity contribution in [2.45, 2.75) is 25.3 Å². The molecular formula is C31H35N3O6. The molecule has 2 saturated heterocycles. The number of likely N-dealkylation sites (tertiary alicyclic amines) is 1. The van der Waals surface area contributed by atoms with Crippen molar-refractivity contribution < 1.29 is 29.0 Å². The Morgan fingerprint density at radius 1 is 1.05 bits per heavy atom. The fraction of sp³-hybridized carbons (Fsp3) is 0.387. The van der Waals surface area contributed by atoms with E-state index in [1.165, 1.54) is 4.90 Å². The zero-order valence-corrected chi connectivity index (χ0v) is 22.8. The lowest BCUT2D eigenvalue weighted by Gasteiger charge is -2.35. The van der Waals surface area contributed by atoms with E-state index in [9.17, 15) is 19.5 Å². The van der Waals surface area contributed by atoms with E-state index in [0.717, 1.165) is 13.1 Å². The fourth-order valence-electron chi connectivity index (χ4n) is 5.90. The first kappa shape index (κ1) is 27.6. The molecule has 1 spiro atoms. The highest BCUT2D eigenvalue weighted by Crippen LogP contribution is 2.53. The molecule has 210 valence electrons. The van der Waals surface area contributed by atoms with Crippen LogP contribution in [0.3, 0.4) is 0 Å². The van der Waals surface area contributed by atoms with Crippen LogP contribution >= 0.6 is 0 Å². The lowest BCUT2D eigenvalue weighted by Crippen LogP contribution is -2.52. The third kappa shape index (κ3) is 4.59. The summed E-state index contributed by atoms with van der Waals surface area (Å²) in [5, 5.41) is 11.6. The SMILES string of the molecule is C=CCOc1ccc(C(O)=C2C(=O)C(=O)N(CCCN3CCOCC3)C23C(=O)N(CCC)c2ccccc23)cc1. The molecule has 1 N–H and O–H groups in total. The number of benzene rings is 2. The van der Waals surface area contributed by atoms with Crippen molar-refractivity contribution in [1.29, 1.82) is 0 Å². The lowest BCUT2D eigenvalue weighted by atomic mass is 9.82. The van der Waals surface area contributed by atoms with E-state index in [2.05, 4.69) is 11.5 Å². The van der Waals surface area contributed by atoms with Crippen molar-refractivity contribution in [1.82, 2.24) is 9.80 Å². The molecule has 1 atom stereocenters. The molecule has 0 bridgehead atoms. The van der Waals surface area contributed by atoms with Crippen LogP contribution in [0.25, 0.3) is 5.76 Å². The molecule has 0 radical (unpaired) electrons. The molecule has 1 unspecified atom stereocenters. The van der Waals surface area contributed by atoms with Crippen LogP contribution in [0.2, 0.25) is 0 Å². The summed E-state index contributed by atoms with van der Waals surface area (Å²) >= 11 is 0. The average Bonchev–Trinajstić information content (AvgIpc) is 3.35. The molecule has 40 heavy (non-hydrogen) atoms. The first-order valence-corrected chi connectivity index (χ1v) is 13.8. The van der Waals surface area contributed by atoms with E-state index in [0.29, 0.717) is 68.3 Å². The van der Waals surface area contributed by atoms with E-state index < -0.39 is 23.1 Å². The van der Waals surface area contributed by atoms with Crippen LogP contribution in [0.4, 0.5) is 5.69 Å². The van der Waals surface area contributed by atoms with Crippen LogP contribution in [-0.4, -0.2) is 85.0 Å². The van der Waals surface area contributed by atoms with Crippen LogP contribution < -0.4 is 9.64 Å². The molecule has 2 amide bonds. The highest BCUT2D eigenvalue weighted by molar-refractivity contribution is 6.50. The number of carbonyl (C=O) groups is 3. The Morgan fingerprint density at radius 3 is 2.48 bits per heavy atom. The van der Waals surface area contributed by atoms with E-state index in [-0.39, 0.29) is 17.9 Å². The summed E-state index contributed by atoms with van der Waals surface area (Å²) in [4.78, 5) is 47.1. The quantitative estimate of drug-likeness (QED) is 0.212. The normalized spacial score (nSPS) is 22.3. The second-order valence-electron chi connectivity index (χ2n) is 10.1.